The molecule has 1 aliphatic rings. The third-order valence-electron chi connectivity index (χ3n) is 4.93. The Morgan fingerprint density at radius 3 is 2.80 bits per heavy atom. The van der Waals surface area contributed by atoms with E-state index in [0.29, 0.717) is 6.42 Å². The van der Waals surface area contributed by atoms with Gasteiger partial charge in [0.05, 0.1) is 21.3 Å². The van der Waals surface area contributed by atoms with Crippen LogP contribution in [0, 0.1) is 6.92 Å². The number of amides is 1. The maximum atomic E-state index is 12.8. The topological polar surface area (TPSA) is 33.2 Å². The summed E-state index contributed by atoms with van der Waals surface area (Å²) in [6.45, 7) is 2.97. The quantitative estimate of drug-likeness (QED) is 0.670. The Kier molecular flexibility index (Phi) is 4.53. The van der Waals surface area contributed by atoms with Gasteiger partial charge in [0.2, 0.25) is 5.91 Å². The number of aromatic nitrogens is 1. The minimum atomic E-state index is 0.239. The molecule has 3 aromatic rings. The fourth-order valence-electron chi connectivity index (χ4n) is 3.58. The number of carbonyl (C=O) groups is 1. The van der Waals surface area contributed by atoms with Crippen LogP contribution in [0.1, 0.15) is 41.4 Å². The molecule has 1 aliphatic heterocycles. The Balaban J connectivity index is 1.43. The van der Waals surface area contributed by atoms with Crippen molar-refractivity contribution in [2.45, 2.75) is 38.6 Å². The second kappa shape index (κ2) is 6.96. The summed E-state index contributed by atoms with van der Waals surface area (Å²) >= 11 is 1.70. The molecule has 4 rings (SSSR count). The van der Waals surface area contributed by atoms with Crippen LogP contribution >= 0.6 is 11.3 Å². The van der Waals surface area contributed by atoms with Gasteiger partial charge >= 0.3 is 0 Å². The van der Waals surface area contributed by atoms with Crippen LogP contribution in [0.5, 0.6) is 0 Å². The third kappa shape index (κ3) is 3.45. The van der Waals surface area contributed by atoms with Crippen molar-refractivity contribution in [1.29, 1.82) is 0 Å². The number of aryl methyl sites for hydroxylation is 2. The van der Waals surface area contributed by atoms with Gasteiger partial charge in [-0.15, -0.1) is 11.3 Å². The van der Waals surface area contributed by atoms with Crippen LogP contribution < -0.4 is 0 Å². The van der Waals surface area contributed by atoms with E-state index < -0.39 is 0 Å². The van der Waals surface area contributed by atoms with E-state index in [-0.39, 0.29) is 11.9 Å². The summed E-state index contributed by atoms with van der Waals surface area (Å²) in [5.41, 5.74) is 3.56. The van der Waals surface area contributed by atoms with Crippen LogP contribution in [0.4, 0.5) is 0 Å². The van der Waals surface area contributed by atoms with E-state index in [1.54, 1.807) is 11.3 Å². The highest BCUT2D eigenvalue weighted by molar-refractivity contribution is 7.18. The van der Waals surface area contributed by atoms with Gasteiger partial charge in [-0.05, 0) is 37.5 Å². The first-order valence-corrected chi connectivity index (χ1v) is 9.73. The first kappa shape index (κ1) is 16.3. The molecule has 25 heavy (non-hydrogen) atoms. The summed E-state index contributed by atoms with van der Waals surface area (Å²) < 4.78 is 1.20. The summed E-state index contributed by atoms with van der Waals surface area (Å²) in [4.78, 5) is 19.5. The number of rotatable bonds is 4. The van der Waals surface area contributed by atoms with E-state index in [1.807, 2.05) is 18.2 Å². The highest BCUT2D eigenvalue weighted by Gasteiger charge is 2.29. The maximum Gasteiger partial charge on any atom is 0.223 e. The number of thiazole rings is 1. The van der Waals surface area contributed by atoms with E-state index in [1.165, 1.54) is 15.8 Å². The van der Waals surface area contributed by atoms with Gasteiger partial charge in [0.25, 0.3) is 0 Å². The average molecular weight is 350 g/mol. The number of likely N-dealkylation sites (tertiary alicyclic amines) is 1. The average Bonchev–Trinajstić information content (AvgIpc) is 3.27. The fourth-order valence-corrected chi connectivity index (χ4v) is 4.55. The van der Waals surface area contributed by atoms with Crippen LogP contribution in [0.3, 0.4) is 0 Å². The molecule has 1 aromatic heterocycles. The Morgan fingerprint density at radius 2 is 2.00 bits per heavy atom. The fraction of sp³-hybridized carbons (Fsp3) is 0.333. The van der Waals surface area contributed by atoms with Crippen molar-refractivity contribution in [3.8, 4) is 0 Å². The second-order valence-electron chi connectivity index (χ2n) is 6.73. The molecule has 0 bridgehead atoms. The first-order valence-electron chi connectivity index (χ1n) is 8.91. The van der Waals surface area contributed by atoms with E-state index in [9.17, 15) is 4.79 Å². The molecule has 2 heterocycles. The smallest absolute Gasteiger partial charge is 0.223 e. The molecule has 128 valence electrons. The molecule has 0 radical (unpaired) electrons. The summed E-state index contributed by atoms with van der Waals surface area (Å²) in [6.07, 6.45) is 3.43. The molecule has 1 saturated heterocycles. The summed E-state index contributed by atoms with van der Waals surface area (Å²) in [5.74, 6) is 0.252. The van der Waals surface area contributed by atoms with Gasteiger partial charge < -0.3 is 4.90 Å². The normalized spacial score (nSPS) is 17.3. The summed E-state index contributed by atoms with van der Waals surface area (Å²) in [7, 11) is 0. The minimum Gasteiger partial charge on any atom is -0.336 e. The molecule has 0 aliphatic carbocycles. The van der Waals surface area contributed by atoms with Crippen molar-refractivity contribution in [2.75, 3.05) is 6.54 Å². The molecule has 0 N–H and O–H groups in total. The zero-order valence-corrected chi connectivity index (χ0v) is 15.3. The van der Waals surface area contributed by atoms with Crippen molar-refractivity contribution in [1.82, 2.24) is 9.88 Å². The van der Waals surface area contributed by atoms with Crippen LogP contribution in [0.15, 0.2) is 48.5 Å². The first-order chi connectivity index (χ1) is 12.2. The molecule has 4 heteroatoms. The van der Waals surface area contributed by atoms with Gasteiger partial charge in [-0.3, -0.25) is 4.79 Å². The van der Waals surface area contributed by atoms with Gasteiger partial charge in [0.1, 0.15) is 0 Å². The van der Waals surface area contributed by atoms with Gasteiger partial charge in [-0.1, -0.05) is 42.0 Å². The lowest BCUT2D eigenvalue weighted by atomic mass is 10.0. The number of carbonyl (C=O) groups excluding carboxylic acids is 1. The standard InChI is InChI=1S/C21H22N2OS/c1-15-8-10-16(11-9-15)18-6-4-14-23(18)21(24)13-12-20-22-17-5-2-3-7-19(17)25-20/h2-3,5,7-11,18H,4,6,12-14H2,1H3. The monoisotopic (exact) mass is 350 g/mol. The van der Waals surface area contributed by atoms with E-state index >= 15 is 0 Å². The molecule has 1 atom stereocenters. The largest absolute Gasteiger partial charge is 0.336 e. The van der Waals surface area contributed by atoms with Gasteiger partial charge in [0.15, 0.2) is 0 Å². The molecular weight excluding hydrogens is 328 g/mol. The molecule has 0 spiro atoms. The van der Waals surface area contributed by atoms with Crippen molar-refractivity contribution in [2.24, 2.45) is 0 Å². The zero-order valence-electron chi connectivity index (χ0n) is 14.4. The van der Waals surface area contributed by atoms with Crippen molar-refractivity contribution in [3.63, 3.8) is 0 Å². The number of para-hydroxylation sites is 1. The van der Waals surface area contributed by atoms with Crippen molar-refractivity contribution >= 4 is 27.5 Å². The van der Waals surface area contributed by atoms with Crippen LogP contribution in [0.25, 0.3) is 10.2 Å². The Bertz CT molecular complexity index is 851. The Hall–Kier alpha value is -2.20. The lowest BCUT2D eigenvalue weighted by Crippen LogP contribution is -2.30. The SMILES string of the molecule is Cc1ccc(C2CCCN2C(=O)CCc2nc3ccccc3s2)cc1. The molecule has 0 saturated carbocycles. The van der Waals surface area contributed by atoms with Gasteiger partial charge in [-0.2, -0.15) is 0 Å². The van der Waals surface area contributed by atoms with E-state index in [4.69, 9.17) is 0 Å². The lowest BCUT2D eigenvalue weighted by molar-refractivity contribution is -0.132. The van der Waals surface area contributed by atoms with Crippen molar-refractivity contribution in [3.05, 3.63) is 64.7 Å². The molecule has 2 aromatic carbocycles. The summed E-state index contributed by atoms with van der Waals surface area (Å²) in [5, 5.41) is 1.06. The number of hydrogen-bond donors (Lipinski definition) is 0. The van der Waals surface area contributed by atoms with Gasteiger partial charge in [-0.25, -0.2) is 4.98 Å². The third-order valence-corrected chi connectivity index (χ3v) is 6.02. The predicted octanol–water partition coefficient (Wildman–Crippen LogP) is 4.90. The van der Waals surface area contributed by atoms with Crippen molar-refractivity contribution < 1.29 is 4.79 Å². The Morgan fingerprint density at radius 1 is 1.20 bits per heavy atom. The van der Waals surface area contributed by atoms with Crippen LogP contribution in [-0.2, 0) is 11.2 Å². The number of nitrogens with zero attached hydrogens (tertiary/aromatic N) is 2. The zero-order chi connectivity index (χ0) is 17.2. The molecule has 3 nitrogen and oxygen atoms in total. The summed E-state index contributed by atoms with van der Waals surface area (Å²) in [6, 6.07) is 17.0. The predicted molar refractivity (Wildman–Crippen MR) is 103 cm³/mol. The molecule has 1 fully saturated rings. The number of benzene rings is 2. The Labute approximate surface area is 152 Å². The molecular formula is C21H22N2OS. The lowest BCUT2D eigenvalue weighted by Gasteiger charge is -2.25. The highest BCUT2D eigenvalue weighted by atomic mass is 32.1. The highest BCUT2D eigenvalue weighted by Crippen LogP contribution is 2.33. The van der Waals surface area contributed by atoms with Crippen LogP contribution in [-0.4, -0.2) is 22.3 Å². The minimum absolute atomic E-state index is 0.239. The van der Waals surface area contributed by atoms with E-state index in [2.05, 4.69) is 47.1 Å². The molecule has 1 unspecified atom stereocenters. The molecule has 1 amide bonds. The van der Waals surface area contributed by atoms with Crippen LogP contribution in [0.2, 0.25) is 0 Å². The number of fused-ring (bicyclic) bond motifs is 1. The number of hydrogen-bond acceptors (Lipinski definition) is 3. The van der Waals surface area contributed by atoms with Gasteiger partial charge in [0, 0.05) is 19.4 Å². The second-order valence-corrected chi connectivity index (χ2v) is 7.85. The van der Waals surface area contributed by atoms with E-state index in [0.717, 1.165) is 36.3 Å². The maximum absolute atomic E-state index is 12.8.